The predicted octanol–water partition coefficient (Wildman–Crippen LogP) is 3.82. The number of carbonyl (C=O) groups is 2. The zero-order valence-electron chi connectivity index (χ0n) is 11.4. The standard InChI is InChI=1S/C13H16BrClN2O3/c1-4-17(13(2,3)11(18)19)12(20)16-10-7-8(14)5-6-9(10)15/h5-7H,4H2,1-3H3,(H,16,20)(H,18,19). The molecule has 0 aromatic heterocycles. The van der Waals surface area contributed by atoms with E-state index in [1.54, 1.807) is 25.1 Å². The molecule has 7 heteroatoms. The van der Waals surface area contributed by atoms with Gasteiger partial charge in [0.25, 0.3) is 0 Å². The number of hydrogen-bond donors (Lipinski definition) is 2. The minimum atomic E-state index is -1.31. The van der Waals surface area contributed by atoms with E-state index < -0.39 is 17.5 Å². The van der Waals surface area contributed by atoms with Gasteiger partial charge in [0, 0.05) is 11.0 Å². The molecule has 0 saturated carbocycles. The third kappa shape index (κ3) is 3.64. The summed E-state index contributed by atoms with van der Waals surface area (Å²) < 4.78 is 0.762. The van der Waals surface area contributed by atoms with E-state index in [1.807, 2.05) is 0 Å². The first-order valence-electron chi connectivity index (χ1n) is 5.97. The predicted molar refractivity (Wildman–Crippen MR) is 82.3 cm³/mol. The second-order valence-electron chi connectivity index (χ2n) is 4.66. The van der Waals surface area contributed by atoms with Crippen LogP contribution in [0.1, 0.15) is 20.8 Å². The van der Waals surface area contributed by atoms with E-state index in [0.717, 1.165) is 4.47 Å². The number of hydrogen-bond acceptors (Lipinski definition) is 2. The van der Waals surface area contributed by atoms with Crippen LogP contribution >= 0.6 is 27.5 Å². The van der Waals surface area contributed by atoms with Crippen molar-refractivity contribution in [2.45, 2.75) is 26.3 Å². The van der Waals surface area contributed by atoms with Gasteiger partial charge in [-0.2, -0.15) is 0 Å². The number of rotatable bonds is 4. The molecule has 1 aromatic rings. The maximum atomic E-state index is 12.2. The molecule has 2 amide bonds. The lowest BCUT2D eigenvalue weighted by Crippen LogP contribution is -2.54. The third-order valence-electron chi connectivity index (χ3n) is 2.93. The van der Waals surface area contributed by atoms with Gasteiger partial charge in [-0.3, -0.25) is 0 Å². The van der Waals surface area contributed by atoms with Crippen molar-refractivity contribution in [2.75, 3.05) is 11.9 Å². The van der Waals surface area contributed by atoms with Crippen molar-refractivity contribution in [1.29, 1.82) is 0 Å². The largest absolute Gasteiger partial charge is 0.480 e. The minimum Gasteiger partial charge on any atom is -0.480 e. The van der Waals surface area contributed by atoms with Crippen molar-refractivity contribution < 1.29 is 14.7 Å². The van der Waals surface area contributed by atoms with Crippen LogP contribution in [0.15, 0.2) is 22.7 Å². The molecule has 0 saturated heterocycles. The Morgan fingerprint density at radius 1 is 1.45 bits per heavy atom. The fourth-order valence-electron chi connectivity index (χ4n) is 1.68. The van der Waals surface area contributed by atoms with Crippen molar-refractivity contribution >= 4 is 45.2 Å². The number of anilines is 1. The van der Waals surface area contributed by atoms with Gasteiger partial charge < -0.3 is 15.3 Å². The Balaban J connectivity index is 2.99. The highest BCUT2D eigenvalue weighted by Crippen LogP contribution is 2.26. The van der Waals surface area contributed by atoms with Crippen LogP contribution in [0, 0.1) is 0 Å². The molecule has 0 radical (unpaired) electrons. The first-order chi connectivity index (χ1) is 9.20. The van der Waals surface area contributed by atoms with Crippen LogP contribution in [0.5, 0.6) is 0 Å². The maximum absolute atomic E-state index is 12.2. The van der Waals surface area contributed by atoms with Crippen molar-refractivity contribution in [1.82, 2.24) is 4.90 Å². The van der Waals surface area contributed by atoms with Crippen LogP contribution in [0.4, 0.5) is 10.5 Å². The Morgan fingerprint density at radius 2 is 2.05 bits per heavy atom. The number of amides is 2. The summed E-state index contributed by atoms with van der Waals surface area (Å²) in [5, 5.41) is 12.2. The van der Waals surface area contributed by atoms with Gasteiger partial charge in [-0.25, -0.2) is 9.59 Å². The van der Waals surface area contributed by atoms with E-state index >= 15 is 0 Å². The van der Waals surface area contributed by atoms with Crippen LogP contribution in [0.3, 0.4) is 0 Å². The van der Waals surface area contributed by atoms with Gasteiger partial charge >= 0.3 is 12.0 Å². The van der Waals surface area contributed by atoms with E-state index in [0.29, 0.717) is 10.7 Å². The zero-order valence-corrected chi connectivity index (χ0v) is 13.7. The van der Waals surface area contributed by atoms with Gasteiger partial charge in [-0.15, -0.1) is 0 Å². The van der Waals surface area contributed by atoms with Gasteiger partial charge in [0.1, 0.15) is 5.54 Å². The Morgan fingerprint density at radius 3 is 2.55 bits per heavy atom. The highest BCUT2D eigenvalue weighted by atomic mass is 79.9. The number of likely N-dealkylation sites (N-methyl/N-ethyl adjacent to an activating group) is 1. The first kappa shape index (κ1) is 16.8. The van der Waals surface area contributed by atoms with E-state index in [4.69, 9.17) is 11.6 Å². The summed E-state index contributed by atoms with van der Waals surface area (Å²) in [5.74, 6) is -1.07. The molecule has 0 atom stereocenters. The topological polar surface area (TPSA) is 69.6 Å². The number of carboxylic acid groups (broad SMARTS) is 1. The Labute approximate surface area is 131 Å². The van der Waals surface area contributed by atoms with E-state index in [1.165, 1.54) is 18.7 Å². The minimum absolute atomic E-state index is 0.261. The molecule has 0 spiro atoms. The smallest absolute Gasteiger partial charge is 0.329 e. The molecule has 110 valence electrons. The summed E-state index contributed by atoms with van der Waals surface area (Å²) >= 11 is 9.28. The van der Waals surface area contributed by atoms with Crippen molar-refractivity contribution in [2.24, 2.45) is 0 Å². The number of aliphatic carboxylic acids is 1. The molecule has 5 nitrogen and oxygen atoms in total. The second kappa shape index (κ2) is 6.45. The molecule has 0 bridgehead atoms. The lowest BCUT2D eigenvalue weighted by Gasteiger charge is -2.34. The summed E-state index contributed by atoms with van der Waals surface area (Å²) in [4.78, 5) is 24.7. The lowest BCUT2D eigenvalue weighted by molar-refractivity contribution is -0.147. The summed E-state index contributed by atoms with van der Waals surface area (Å²) in [6.45, 7) is 4.92. The molecule has 0 heterocycles. The first-order valence-corrected chi connectivity index (χ1v) is 7.14. The van der Waals surface area contributed by atoms with Gasteiger partial charge in [0.2, 0.25) is 0 Å². The fourth-order valence-corrected chi connectivity index (χ4v) is 2.21. The SMILES string of the molecule is CCN(C(=O)Nc1cc(Br)ccc1Cl)C(C)(C)C(=O)O. The van der Waals surface area contributed by atoms with E-state index in [9.17, 15) is 14.7 Å². The molecule has 1 aromatic carbocycles. The summed E-state index contributed by atoms with van der Waals surface area (Å²) in [6, 6.07) is 4.53. The lowest BCUT2D eigenvalue weighted by atomic mass is 10.0. The normalized spacial score (nSPS) is 11.1. The molecule has 0 fully saturated rings. The fraction of sp³-hybridized carbons (Fsp3) is 0.385. The Bertz CT molecular complexity index is 534. The quantitative estimate of drug-likeness (QED) is 0.854. The molecular weight excluding hydrogens is 348 g/mol. The van der Waals surface area contributed by atoms with Crippen LogP contribution < -0.4 is 5.32 Å². The van der Waals surface area contributed by atoms with Gasteiger partial charge in [0.15, 0.2) is 0 Å². The zero-order chi connectivity index (χ0) is 15.5. The van der Waals surface area contributed by atoms with Crippen LogP contribution in [-0.4, -0.2) is 34.1 Å². The summed E-state index contributed by atoms with van der Waals surface area (Å²) in [6.07, 6.45) is 0. The molecule has 0 unspecified atom stereocenters. The van der Waals surface area contributed by atoms with Gasteiger partial charge in [0.05, 0.1) is 10.7 Å². The molecule has 2 N–H and O–H groups in total. The number of benzene rings is 1. The second-order valence-corrected chi connectivity index (χ2v) is 5.99. The number of urea groups is 1. The third-order valence-corrected chi connectivity index (χ3v) is 3.75. The van der Waals surface area contributed by atoms with E-state index in [2.05, 4.69) is 21.2 Å². The monoisotopic (exact) mass is 362 g/mol. The Kier molecular flexibility index (Phi) is 5.42. The number of nitrogens with one attached hydrogen (secondary N) is 1. The number of carbonyl (C=O) groups excluding carboxylic acids is 1. The van der Waals surface area contributed by atoms with Crippen molar-refractivity contribution in [3.8, 4) is 0 Å². The van der Waals surface area contributed by atoms with Crippen LogP contribution in [0.2, 0.25) is 5.02 Å². The van der Waals surface area contributed by atoms with Crippen LogP contribution in [0.25, 0.3) is 0 Å². The number of carboxylic acids is 1. The molecule has 0 aliphatic heterocycles. The highest BCUT2D eigenvalue weighted by molar-refractivity contribution is 9.10. The average Bonchev–Trinajstić information content (AvgIpc) is 2.34. The molecule has 0 aliphatic carbocycles. The number of nitrogens with zero attached hydrogens (tertiary/aromatic N) is 1. The molecular formula is C13H16BrClN2O3. The van der Waals surface area contributed by atoms with Crippen molar-refractivity contribution in [3.63, 3.8) is 0 Å². The average molecular weight is 364 g/mol. The Hall–Kier alpha value is -1.27. The van der Waals surface area contributed by atoms with E-state index in [-0.39, 0.29) is 6.54 Å². The summed E-state index contributed by atoms with van der Waals surface area (Å²) in [7, 11) is 0. The molecule has 20 heavy (non-hydrogen) atoms. The van der Waals surface area contributed by atoms with Crippen molar-refractivity contribution in [3.05, 3.63) is 27.7 Å². The number of halogens is 2. The summed E-state index contributed by atoms with van der Waals surface area (Å²) in [5.41, 5.74) is -0.886. The van der Waals surface area contributed by atoms with Gasteiger partial charge in [-0.05, 0) is 39.0 Å². The van der Waals surface area contributed by atoms with Gasteiger partial charge in [-0.1, -0.05) is 27.5 Å². The maximum Gasteiger partial charge on any atom is 0.329 e. The highest BCUT2D eigenvalue weighted by Gasteiger charge is 2.37. The molecule has 0 aliphatic rings. The molecule has 1 rings (SSSR count). The van der Waals surface area contributed by atoms with Crippen LogP contribution in [-0.2, 0) is 4.79 Å².